The fourth-order valence-corrected chi connectivity index (χ4v) is 2.59. The first-order valence-corrected chi connectivity index (χ1v) is 7.93. The van der Waals surface area contributed by atoms with Gasteiger partial charge in [-0.3, -0.25) is 9.48 Å². The summed E-state index contributed by atoms with van der Waals surface area (Å²) in [5.74, 6) is -0.369. The summed E-state index contributed by atoms with van der Waals surface area (Å²) in [5, 5.41) is 11.1. The smallest absolute Gasteiger partial charge is 0.296 e. The minimum Gasteiger partial charge on any atom is -0.302 e. The van der Waals surface area contributed by atoms with Gasteiger partial charge in [0.05, 0.1) is 6.54 Å². The van der Waals surface area contributed by atoms with Crippen LogP contribution in [0.25, 0.3) is 5.78 Å². The molecule has 10 heteroatoms. The van der Waals surface area contributed by atoms with Crippen molar-refractivity contribution in [1.82, 2.24) is 29.4 Å². The molecule has 4 aromatic rings. The van der Waals surface area contributed by atoms with Gasteiger partial charge in [0.1, 0.15) is 5.82 Å². The standard InChI is InChI=1S/C16H11ClFN7O/c17-11-3-1-4-12(18)10(11)9-24-8-5-13(22-24)20-15(26)14-21-16-19-6-2-7-25(16)23-14/h1-8H,9H2,(H,20,22,26). The first-order chi connectivity index (χ1) is 12.6. The molecule has 0 fully saturated rings. The summed E-state index contributed by atoms with van der Waals surface area (Å²) in [6, 6.07) is 7.73. The second-order valence-corrected chi connectivity index (χ2v) is 5.76. The van der Waals surface area contributed by atoms with E-state index < -0.39 is 11.7 Å². The monoisotopic (exact) mass is 371 g/mol. The van der Waals surface area contributed by atoms with Crippen molar-refractivity contribution in [3.63, 3.8) is 0 Å². The van der Waals surface area contributed by atoms with Crippen LogP contribution in [0.3, 0.4) is 0 Å². The van der Waals surface area contributed by atoms with Crippen molar-refractivity contribution >= 4 is 29.1 Å². The lowest BCUT2D eigenvalue weighted by molar-refractivity contribution is 0.101. The minimum absolute atomic E-state index is 0.0320. The highest BCUT2D eigenvalue weighted by Crippen LogP contribution is 2.20. The molecule has 0 aliphatic heterocycles. The molecule has 0 bridgehead atoms. The average molecular weight is 372 g/mol. The molecule has 4 rings (SSSR count). The van der Waals surface area contributed by atoms with Gasteiger partial charge in [0.15, 0.2) is 5.82 Å². The number of amides is 1. The van der Waals surface area contributed by atoms with Gasteiger partial charge in [-0.25, -0.2) is 13.9 Å². The molecule has 3 heterocycles. The first kappa shape index (κ1) is 16.2. The maximum Gasteiger partial charge on any atom is 0.296 e. The van der Waals surface area contributed by atoms with Crippen LogP contribution in [0.4, 0.5) is 10.2 Å². The van der Waals surface area contributed by atoms with E-state index in [2.05, 4.69) is 25.5 Å². The Morgan fingerprint density at radius 1 is 1.19 bits per heavy atom. The molecule has 1 N–H and O–H groups in total. The van der Waals surface area contributed by atoms with Crippen molar-refractivity contribution in [2.75, 3.05) is 5.32 Å². The number of fused-ring (bicyclic) bond motifs is 1. The number of carbonyl (C=O) groups excluding carboxylic acids is 1. The third kappa shape index (κ3) is 3.11. The lowest BCUT2D eigenvalue weighted by atomic mass is 10.2. The molecule has 0 unspecified atom stereocenters. The van der Waals surface area contributed by atoms with Gasteiger partial charge in [-0.15, -0.1) is 5.10 Å². The van der Waals surface area contributed by atoms with Crippen LogP contribution in [0.5, 0.6) is 0 Å². The average Bonchev–Trinajstić information content (AvgIpc) is 3.25. The van der Waals surface area contributed by atoms with E-state index in [9.17, 15) is 9.18 Å². The molecule has 0 aliphatic rings. The molecule has 0 spiro atoms. The maximum absolute atomic E-state index is 13.9. The van der Waals surface area contributed by atoms with Crippen LogP contribution in [0.15, 0.2) is 48.9 Å². The summed E-state index contributed by atoms with van der Waals surface area (Å²) in [4.78, 5) is 20.3. The van der Waals surface area contributed by atoms with Gasteiger partial charge in [-0.1, -0.05) is 17.7 Å². The van der Waals surface area contributed by atoms with Crippen LogP contribution in [0.2, 0.25) is 5.02 Å². The zero-order valence-electron chi connectivity index (χ0n) is 13.2. The van der Waals surface area contributed by atoms with Crippen molar-refractivity contribution in [2.45, 2.75) is 6.54 Å². The normalized spacial score (nSPS) is 11.0. The van der Waals surface area contributed by atoms with Gasteiger partial charge in [-0.2, -0.15) is 10.1 Å². The second kappa shape index (κ2) is 6.52. The zero-order valence-corrected chi connectivity index (χ0v) is 13.9. The van der Waals surface area contributed by atoms with Crippen LogP contribution in [0, 0.1) is 5.82 Å². The van der Waals surface area contributed by atoms with Gasteiger partial charge in [0.25, 0.3) is 11.7 Å². The van der Waals surface area contributed by atoms with E-state index in [-0.39, 0.29) is 18.2 Å². The molecular weight excluding hydrogens is 361 g/mol. The highest BCUT2D eigenvalue weighted by atomic mass is 35.5. The lowest BCUT2D eigenvalue weighted by Crippen LogP contribution is -2.15. The van der Waals surface area contributed by atoms with Crippen LogP contribution < -0.4 is 5.32 Å². The fourth-order valence-electron chi connectivity index (χ4n) is 2.36. The molecule has 3 aromatic heterocycles. The molecule has 8 nitrogen and oxygen atoms in total. The van der Waals surface area contributed by atoms with E-state index in [0.717, 1.165) is 0 Å². The number of hydrogen-bond acceptors (Lipinski definition) is 5. The fraction of sp³-hybridized carbons (Fsp3) is 0.0625. The van der Waals surface area contributed by atoms with Crippen molar-refractivity contribution in [3.8, 4) is 0 Å². The Bertz CT molecular complexity index is 1050. The third-order valence-electron chi connectivity index (χ3n) is 3.58. The number of benzene rings is 1. The third-order valence-corrected chi connectivity index (χ3v) is 3.94. The summed E-state index contributed by atoms with van der Waals surface area (Å²) < 4.78 is 16.7. The van der Waals surface area contributed by atoms with Crippen molar-refractivity contribution in [3.05, 3.63) is 71.2 Å². The summed E-state index contributed by atoms with van der Waals surface area (Å²) in [5.41, 5.74) is 0.322. The Balaban J connectivity index is 1.50. The molecular formula is C16H11ClFN7O. The predicted molar refractivity (Wildman–Crippen MR) is 91.5 cm³/mol. The molecule has 0 saturated heterocycles. The Morgan fingerprint density at radius 3 is 2.88 bits per heavy atom. The zero-order chi connectivity index (χ0) is 18.1. The van der Waals surface area contributed by atoms with E-state index in [4.69, 9.17) is 11.6 Å². The number of carbonyl (C=O) groups is 1. The quantitative estimate of drug-likeness (QED) is 0.595. The maximum atomic E-state index is 13.9. The number of rotatable bonds is 4. The number of hydrogen-bond donors (Lipinski definition) is 1. The van der Waals surface area contributed by atoms with Gasteiger partial charge in [0, 0.05) is 35.2 Å². The molecule has 0 saturated carbocycles. The van der Waals surface area contributed by atoms with Gasteiger partial charge in [0.2, 0.25) is 5.82 Å². The van der Waals surface area contributed by atoms with Gasteiger partial charge in [-0.05, 0) is 18.2 Å². The largest absolute Gasteiger partial charge is 0.302 e. The van der Waals surface area contributed by atoms with E-state index in [1.807, 2.05) is 0 Å². The van der Waals surface area contributed by atoms with E-state index >= 15 is 0 Å². The summed E-state index contributed by atoms with van der Waals surface area (Å²) >= 11 is 6.01. The Morgan fingerprint density at radius 2 is 2.08 bits per heavy atom. The van der Waals surface area contributed by atoms with E-state index in [1.54, 1.807) is 36.8 Å². The summed E-state index contributed by atoms with van der Waals surface area (Å²) in [7, 11) is 0. The molecule has 1 amide bonds. The van der Waals surface area contributed by atoms with Crippen LogP contribution in [0.1, 0.15) is 16.2 Å². The predicted octanol–water partition coefficient (Wildman–Crippen LogP) is 2.41. The van der Waals surface area contributed by atoms with E-state index in [0.29, 0.717) is 16.4 Å². The van der Waals surface area contributed by atoms with Gasteiger partial charge >= 0.3 is 0 Å². The van der Waals surface area contributed by atoms with Crippen LogP contribution >= 0.6 is 11.6 Å². The van der Waals surface area contributed by atoms with Crippen molar-refractivity contribution in [1.29, 1.82) is 0 Å². The molecule has 0 atom stereocenters. The Kier molecular flexibility index (Phi) is 4.05. The number of nitrogens with one attached hydrogen (secondary N) is 1. The SMILES string of the molecule is O=C(Nc1ccn(Cc2c(F)cccc2Cl)n1)c1nc2ncccn2n1. The molecule has 0 radical (unpaired) electrons. The topological polar surface area (TPSA) is 90.0 Å². The Hall–Kier alpha value is -3.33. The van der Waals surface area contributed by atoms with Gasteiger partial charge < -0.3 is 5.32 Å². The Labute approximate surface area is 151 Å². The number of halogens is 2. The molecule has 26 heavy (non-hydrogen) atoms. The van der Waals surface area contributed by atoms with Crippen molar-refractivity contribution in [2.24, 2.45) is 0 Å². The summed E-state index contributed by atoms with van der Waals surface area (Å²) in [6.45, 7) is 0.137. The van der Waals surface area contributed by atoms with Crippen molar-refractivity contribution < 1.29 is 9.18 Å². The number of nitrogens with zero attached hydrogens (tertiary/aromatic N) is 6. The summed E-state index contributed by atoms with van der Waals surface area (Å²) in [6.07, 6.45) is 4.80. The number of anilines is 1. The van der Waals surface area contributed by atoms with Crippen LogP contribution in [-0.2, 0) is 6.54 Å². The lowest BCUT2D eigenvalue weighted by Gasteiger charge is -2.05. The minimum atomic E-state index is -0.523. The first-order valence-electron chi connectivity index (χ1n) is 7.55. The van der Waals surface area contributed by atoms with Crippen LogP contribution in [-0.4, -0.2) is 35.3 Å². The second-order valence-electron chi connectivity index (χ2n) is 5.35. The number of aromatic nitrogens is 6. The molecule has 130 valence electrons. The molecule has 1 aromatic carbocycles. The van der Waals surface area contributed by atoms with E-state index in [1.165, 1.54) is 21.3 Å². The highest BCUT2D eigenvalue weighted by Gasteiger charge is 2.15. The highest BCUT2D eigenvalue weighted by molar-refractivity contribution is 6.31. The molecule has 0 aliphatic carbocycles.